The van der Waals surface area contributed by atoms with Crippen molar-refractivity contribution >= 4 is 27.4 Å². The van der Waals surface area contributed by atoms with E-state index in [0.29, 0.717) is 6.61 Å². The smallest absolute Gasteiger partial charge is 0.132 e. The van der Waals surface area contributed by atoms with Crippen molar-refractivity contribution in [1.29, 1.82) is 0 Å². The molecule has 0 fully saturated rings. The summed E-state index contributed by atoms with van der Waals surface area (Å²) in [7, 11) is 1.90. The van der Waals surface area contributed by atoms with Crippen LogP contribution in [0.5, 0.6) is 5.75 Å². The van der Waals surface area contributed by atoms with Gasteiger partial charge in [0, 0.05) is 26.3 Å². The van der Waals surface area contributed by atoms with Crippen molar-refractivity contribution in [1.82, 2.24) is 24.7 Å². The molecule has 1 unspecified atom stereocenters. The monoisotopic (exact) mass is 458 g/mol. The highest BCUT2D eigenvalue weighted by Crippen LogP contribution is 2.28. The van der Waals surface area contributed by atoms with Crippen LogP contribution in [0, 0.1) is 6.92 Å². The van der Waals surface area contributed by atoms with Crippen molar-refractivity contribution in [2.24, 2.45) is 7.05 Å². The predicted octanol–water partition coefficient (Wildman–Crippen LogP) is 5.79. The molecule has 0 amide bonds. The van der Waals surface area contributed by atoms with Gasteiger partial charge in [0.15, 0.2) is 0 Å². The number of rotatable bonds is 7. The van der Waals surface area contributed by atoms with Gasteiger partial charge in [-0.3, -0.25) is 4.68 Å². The second kappa shape index (κ2) is 8.99. The number of anilines is 1. The zero-order valence-electron chi connectivity index (χ0n) is 18.7. The number of aryl methyl sites for hydroxylation is 2. The summed E-state index contributed by atoms with van der Waals surface area (Å²) in [5, 5.41) is 7.87. The fraction of sp³-hybridized carbons (Fsp3) is 0.200. The zero-order chi connectivity index (χ0) is 22.8. The number of nitrogens with zero attached hydrogens (tertiary/aromatic N) is 5. The largest absolute Gasteiger partial charge is 0.487 e. The van der Waals surface area contributed by atoms with Gasteiger partial charge >= 0.3 is 0 Å². The van der Waals surface area contributed by atoms with Crippen LogP contribution in [0.3, 0.4) is 0 Å². The highest BCUT2D eigenvalue weighted by atomic mass is 32.1. The van der Waals surface area contributed by atoms with Crippen molar-refractivity contribution in [2.75, 3.05) is 5.32 Å². The molecule has 7 nitrogen and oxygen atoms in total. The second-order valence-corrected chi connectivity index (χ2v) is 8.81. The molecule has 0 aliphatic carbocycles. The van der Waals surface area contributed by atoms with Crippen LogP contribution in [0.4, 0.5) is 5.82 Å². The summed E-state index contributed by atoms with van der Waals surface area (Å²) in [5.41, 5.74) is 6.82. The first kappa shape index (κ1) is 21.1. The van der Waals surface area contributed by atoms with Crippen LogP contribution in [0.25, 0.3) is 21.5 Å². The Kier molecular flexibility index (Phi) is 5.75. The summed E-state index contributed by atoms with van der Waals surface area (Å²) in [6.45, 7) is 4.46. The van der Waals surface area contributed by atoms with Crippen LogP contribution >= 0.6 is 11.3 Å². The molecule has 2 aromatic carbocycles. The number of ether oxygens (including phenoxy) is 1. The van der Waals surface area contributed by atoms with Crippen LogP contribution in [-0.2, 0) is 13.7 Å². The maximum absolute atomic E-state index is 5.94. The molecule has 8 heteroatoms. The summed E-state index contributed by atoms with van der Waals surface area (Å²) in [6, 6.07) is 18.3. The maximum Gasteiger partial charge on any atom is 0.132 e. The molecule has 3 heterocycles. The van der Waals surface area contributed by atoms with Crippen molar-refractivity contribution < 1.29 is 6.16 Å². The lowest BCUT2D eigenvalue weighted by atomic mass is 10.1. The SMILES string of the molecule is Cc1nc(NC(C)c2cccc(OCc3ccn(C)n3)c2)cc(-c2ccc3ncsc3c2)n1.[HH]. The molecule has 33 heavy (non-hydrogen) atoms. The number of fused-ring (bicyclic) bond motifs is 1. The molecule has 0 radical (unpaired) electrons. The average Bonchev–Trinajstić information content (AvgIpc) is 3.45. The Morgan fingerprint density at radius 3 is 2.88 bits per heavy atom. The Morgan fingerprint density at radius 2 is 2.03 bits per heavy atom. The van der Waals surface area contributed by atoms with E-state index in [-0.39, 0.29) is 7.47 Å². The van der Waals surface area contributed by atoms with Gasteiger partial charge in [0.25, 0.3) is 0 Å². The van der Waals surface area contributed by atoms with Gasteiger partial charge in [-0.15, -0.1) is 11.3 Å². The predicted molar refractivity (Wildman–Crippen MR) is 134 cm³/mol. The van der Waals surface area contributed by atoms with Crippen LogP contribution < -0.4 is 10.1 Å². The minimum absolute atomic E-state index is 0. The van der Waals surface area contributed by atoms with E-state index < -0.39 is 0 Å². The molecule has 1 atom stereocenters. The van der Waals surface area contributed by atoms with Gasteiger partial charge in [-0.25, -0.2) is 15.0 Å². The van der Waals surface area contributed by atoms with Gasteiger partial charge in [0.1, 0.15) is 24.0 Å². The lowest BCUT2D eigenvalue weighted by Crippen LogP contribution is -2.09. The van der Waals surface area contributed by atoms with Gasteiger partial charge in [0.05, 0.1) is 33.2 Å². The van der Waals surface area contributed by atoms with Gasteiger partial charge in [-0.2, -0.15) is 5.10 Å². The fourth-order valence-corrected chi connectivity index (χ4v) is 4.40. The quantitative estimate of drug-likeness (QED) is 0.332. The highest BCUT2D eigenvalue weighted by molar-refractivity contribution is 7.16. The van der Waals surface area contributed by atoms with E-state index in [0.717, 1.165) is 50.1 Å². The maximum atomic E-state index is 5.94. The average molecular weight is 459 g/mol. The summed E-state index contributed by atoms with van der Waals surface area (Å²) in [6.07, 6.45) is 1.91. The zero-order valence-corrected chi connectivity index (χ0v) is 19.5. The Morgan fingerprint density at radius 1 is 1.12 bits per heavy atom. The van der Waals surface area contributed by atoms with E-state index in [9.17, 15) is 0 Å². The highest BCUT2D eigenvalue weighted by Gasteiger charge is 2.11. The molecule has 3 aromatic heterocycles. The first-order valence-electron chi connectivity index (χ1n) is 10.7. The lowest BCUT2D eigenvalue weighted by Gasteiger charge is -2.17. The second-order valence-electron chi connectivity index (χ2n) is 7.93. The minimum Gasteiger partial charge on any atom is -0.487 e. The molecule has 0 saturated heterocycles. The third-order valence-corrected chi connectivity index (χ3v) is 6.13. The van der Waals surface area contributed by atoms with Gasteiger partial charge < -0.3 is 10.1 Å². The minimum atomic E-state index is 0. The van der Waals surface area contributed by atoms with E-state index in [2.05, 4.69) is 50.5 Å². The van der Waals surface area contributed by atoms with Gasteiger partial charge in [-0.05, 0) is 49.7 Å². The van der Waals surface area contributed by atoms with Crippen LogP contribution in [0.15, 0.2) is 66.3 Å². The molecule has 0 bridgehead atoms. The Balaban J connectivity index is 0.00000274. The Labute approximate surface area is 197 Å². The number of hydrogen-bond donors (Lipinski definition) is 1. The summed E-state index contributed by atoms with van der Waals surface area (Å²) < 4.78 is 8.86. The Bertz CT molecular complexity index is 1420. The Hall–Kier alpha value is -3.78. The first-order valence-corrected chi connectivity index (χ1v) is 11.6. The molecule has 0 aliphatic heterocycles. The van der Waals surface area contributed by atoms with Crippen molar-refractivity contribution in [2.45, 2.75) is 26.5 Å². The fourth-order valence-electron chi connectivity index (χ4n) is 3.68. The van der Waals surface area contributed by atoms with E-state index in [1.54, 1.807) is 16.0 Å². The molecular formula is C25H26N6OS. The van der Waals surface area contributed by atoms with Crippen LogP contribution in [0.1, 0.15) is 31.5 Å². The molecule has 0 saturated carbocycles. The molecule has 168 valence electrons. The molecule has 5 aromatic rings. The lowest BCUT2D eigenvalue weighted by molar-refractivity contribution is 0.299. The topological polar surface area (TPSA) is 77.8 Å². The van der Waals surface area contributed by atoms with E-state index >= 15 is 0 Å². The van der Waals surface area contributed by atoms with Crippen molar-refractivity contribution in [3.05, 3.63) is 83.4 Å². The number of hydrogen-bond acceptors (Lipinski definition) is 7. The third kappa shape index (κ3) is 4.85. The normalized spacial score (nSPS) is 12.1. The number of benzene rings is 2. The molecule has 1 N–H and O–H groups in total. The van der Waals surface area contributed by atoms with Crippen molar-refractivity contribution in [3.8, 4) is 17.0 Å². The number of thiazole rings is 1. The molecular weight excluding hydrogens is 432 g/mol. The summed E-state index contributed by atoms with van der Waals surface area (Å²) in [5.74, 6) is 2.32. The molecule has 0 spiro atoms. The molecule has 5 rings (SSSR count). The van der Waals surface area contributed by atoms with Crippen LogP contribution in [-0.4, -0.2) is 24.7 Å². The van der Waals surface area contributed by atoms with Crippen LogP contribution in [0.2, 0.25) is 0 Å². The van der Waals surface area contributed by atoms with E-state index in [1.807, 2.05) is 62.1 Å². The summed E-state index contributed by atoms with van der Waals surface area (Å²) >= 11 is 1.63. The number of nitrogens with one attached hydrogen (secondary N) is 1. The van der Waals surface area contributed by atoms with Gasteiger partial charge in [-0.1, -0.05) is 18.2 Å². The van der Waals surface area contributed by atoms with E-state index in [1.165, 1.54) is 0 Å². The van der Waals surface area contributed by atoms with Crippen molar-refractivity contribution in [3.63, 3.8) is 0 Å². The first-order chi connectivity index (χ1) is 16.0. The molecule has 0 aliphatic rings. The van der Waals surface area contributed by atoms with E-state index in [4.69, 9.17) is 4.74 Å². The summed E-state index contributed by atoms with van der Waals surface area (Å²) in [4.78, 5) is 13.6. The standard InChI is InChI=1S/C25H24N6OS.H2/c1-16(18-5-4-6-21(11-18)32-14-20-9-10-31(3)30-20)27-25-13-23(28-17(2)29-25)19-7-8-22-24(12-19)33-15-26-22;/h4-13,15-16H,14H2,1-3H3,(H,27,28,29);1H. The number of aromatic nitrogens is 5. The van der Waals surface area contributed by atoms with Gasteiger partial charge in [0.2, 0.25) is 0 Å². The third-order valence-electron chi connectivity index (χ3n) is 5.34.